The third-order valence-corrected chi connectivity index (χ3v) is 6.81. The monoisotopic (exact) mass is 552 g/mol. The minimum absolute atomic E-state index is 0.0366. The Balaban J connectivity index is 1.60. The van der Waals surface area contributed by atoms with Gasteiger partial charge in [0.1, 0.15) is 11.7 Å². The minimum atomic E-state index is -1.01. The fraction of sp³-hybridized carbons (Fsp3) is 0.259. The Bertz CT molecular complexity index is 1300. The molecule has 2 fully saturated rings. The quantitative estimate of drug-likeness (QED) is 0.412. The van der Waals surface area contributed by atoms with Crippen LogP contribution in [0.3, 0.4) is 0 Å². The molecule has 2 heterocycles. The molecule has 0 saturated carbocycles. The fourth-order valence-corrected chi connectivity index (χ4v) is 5.18. The van der Waals surface area contributed by atoms with Crippen molar-refractivity contribution in [3.63, 3.8) is 0 Å². The number of anilines is 2. The van der Waals surface area contributed by atoms with E-state index in [-0.39, 0.29) is 17.4 Å². The summed E-state index contributed by atoms with van der Waals surface area (Å²) in [6.45, 7) is 4.50. The smallest absolute Gasteiger partial charge is 0.266 e. The molecular weight excluding hydrogens is 528 g/mol. The van der Waals surface area contributed by atoms with Crippen molar-refractivity contribution >= 4 is 39.1 Å². The van der Waals surface area contributed by atoms with E-state index in [2.05, 4.69) is 15.9 Å². The summed E-state index contributed by atoms with van der Waals surface area (Å²) in [5, 5.41) is 12.1. The number of hydrogen-bond acceptors (Lipinski definition) is 7. The topological polar surface area (TPSA) is 88.5 Å². The number of ether oxygens (including phenoxy) is 2. The maximum Gasteiger partial charge on any atom is 0.266 e. The van der Waals surface area contributed by atoms with Crippen LogP contribution in [0.2, 0.25) is 0 Å². The van der Waals surface area contributed by atoms with Crippen LogP contribution >= 0.6 is 15.9 Å². The van der Waals surface area contributed by atoms with Crippen LogP contribution in [0.15, 0.2) is 71.2 Å². The number of fused-ring (bicyclic) bond motifs is 1. The predicted molar refractivity (Wildman–Crippen MR) is 137 cm³/mol. The zero-order valence-corrected chi connectivity index (χ0v) is 21.3. The first-order valence-corrected chi connectivity index (χ1v) is 12.5. The van der Waals surface area contributed by atoms with E-state index in [1.807, 2.05) is 44.2 Å². The molecule has 3 atom stereocenters. The molecule has 3 aromatic carbocycles. The Kier molecular flexibility index (Phi) is 6.59. The summed E-state index contributed by atoms with van der Waals surface area (Å²) >= 11 is 3.40. The molecule has 1 N–H and O–H groups in total. The standard InChI is InChI=1S/C27H25BrN2O6/c1-3-34-19-12-8-11-18(15-19)29-26(32)22-23(16-13-20(28)24(31)21(14-16)35-4-2)30(36-25(22)27(29)33)17-9-6-5-7-10-17/h5-15,22-23,25,31H,3-4H2,1-2H3/t22-,23+,25-/m1/s1. The molecule has 0 bridgehead atoms. The molecule has 5 rings (SSSR count). The van der Waals surface area contributed by atoms with Crippen molar-refractivity contribution in [3.05, 3.63) is 76.8 Å². The SMILES string of the molecule is CCOc1cccc(N2C(=O)[C@H]3[C@@H](ON(c4ccccc4)[C@H]3c3cc(Br)c(O)c(OCC)c3)C2=O)c1. The Morgan fingerprint density at radius 2 is 1.64 bits per heavy atom. The van der Waals surface area contributed by atoms with E-state index >= 15 is 0 Å². The van der Waals surface area contributed by atoms with Gasteiger partial charge in [-0.1, -0.05) is 24.3 Å². The highest BCUT2D eigenvalue weighted by Gasteiger charge is 2.60. The van der Waals surface area contributed by atoms with Crippen molar-refractivity contribution in [1.82, 2.24) is 0 Å². The first-order chi connectivity index (χ1) is 17.4. The number of benzene rings is 3. The number of aromatic hydroxyl groups is 1. The number of phenols is 1. The molecule has 0 aromatic heterocycles. The maximum absolute atomic E-state index is 13.9. The molecule has 2 amide bonds. The molecular formula is C27H25BrN2O6. The lowest BCUT2D eigenvalue weighted by atomic mass is 9.90. The Morgan fingerprint density at radius 1 is 0.917 bits per heavy atom. The van der Waals surface area contributed by atoms with Crippen molar-refractivity contribution in [3.8, 4) is 17.2 Å². The van der Waals surface area contributed by atoms with E-state index in [4.69, 9.17) is 14.3 Å². The van der Waals surface area contributed by atoms with Gasteiger partial charge in [0.05, 0.1) is 35.1 Å². The number of hydroxylamine groups is 1. The van der Waals surface area contributed by atoms with Gasteiger partial charge in [0.15, 0.2) is 17.6 Å². The van der Waals surface area contributed by atoms with Crippen LogP contribution in [-0.4, -0.2) is 36.2 Å². The van der Waals surface area contributed by atoms with Gasteiger partial charge >= 0.3 is 0 Å². The first-order valence-electron chi connectivity index (χ1n) is 11.7. The second kappa shape index (κ2) is 9.83. The first kappa shape index (κ1) is 24.1. The summed E-state index contributed by atoms with van der Waals surface area (Å²) in [5.41, 5.74) is 1.79. The molecule has 36 heavy (non-hydrogen) atoms. The molecule has 0 aliphatic carbocycles. The van der Waals surface area contributed by atoms with Gasteiger partial charge < -0.3 is 14.6 Å². The number of amides is 2. The number of imide groups is 1. The van der Waals surface area contributed by atoms with E-state index < -0.39 is 24.0 Å². The highest BCUT2D eigenvalue weighted by atomic mass is 79.9. The lowest BCUT2D eigenvalue weighted by Gasteiger charge is -2.29. The third kappa shape index (κ3) is 4.08. The number of rotatable bonds is 7. The molecule has 9 heteroatoms. The molecule has 3 aromatic rings. The van der Waals surface area contributed by atoms with Crippen LogP contribution in [0.4, 0.5) is 11.4 Å². The molecule has 2 saturated heterocycles. The van der Waals surface area contributed by atoms with Crippen LogP contribution in [0.1, 0.15) is 25.5 Å². The summed E-state index contributed by atoms with van der Waals surface area (Å²) in [5.74, 6) is -0.824. The number of para-hydroxylation sites is 1. The Labute approximate surface area is 217 Å². The van der Waals surface area contributed by atoms with Crippen molar-refractivity contribution in [2.45, 2.75) is 26.0 Å². The molecule has 2 aliphatic heterocycles. The summed E-state index contributed by atoms with van der Waals surface area (Å²) in [6.07, 6.45) is -1.01. The lowest BCUT2D eigenvalue weighted by molar-refractivity contribution is -0.126. The highest BCUT2D eigenvalue weighted by molar-refractivity contribution is 9.10. The van der Waals surface area contributed by atoms with Crippen molar-refractivity contribution < 1.29 is 29.0 Å². The Hall–Kier alpha value is -3.56. The molecule has 0 unspecified atom stereocenters. The van der Waals surface area contributed by atoms with Crippen LogP contribution in [0.25, 0.3) is 0 Å². The zero-order chi connectivity index (χ0) is 25.4. The van der Waals surface area contributed by atoms with E-state index in [1.54, 1.807) is 41.5 Å². The average molecular weight is 553 g/mol. The molecule has 0 spiro atoms. The van der Waals surface area contributed by atoms with Gasteiger partial charge in [-0.2, -0.15) is 0 Å². The molecule has 8 nitrogen and oxygen atoms in total. The van der Waals surface area contributed by atoms with Crippen LogP contribution in [0, 0.1) is 5.92 Å². The Morgan fingerprint density at radius 3 is 2.36 bits per heavy atom. The van der Waals surface area contributed by atoms with Crippen LogP contribution < -0.4 is 19.4 Å². The minimum Gasteiger partial charge on any atom is -0.503 e. The normalized spacial score (nSPS) is 21.1. The van der Waals surface area contributed by atoms with Gasteiger partial charge in [-0.05, 0) is 71.7 Å². The van der Waals surface area contributed by atoms with Gasteiger partial charge in [0, 0.05) is 6.07 Å². The van der Waals surface area contributed by atoms with Gasteiger partial charge in [-0.15, -0.1) is 0 Å². The van der Waals surface area contributed by atoms with Gasteiger partial charge in [0.25, 0.3) is 5.91 Å². The summed E-state index contributed by atoms with van der Waals surface area (Å²) < 4.78 is 11.6. The summed E-state index contributed by atoms with van der Waals surface area (Å²) in [7, 11) is 0. The average Bonchev–Trinajstić information content (AvgIpc) is 3.39. The number of carbonyl (C=O) groups excluding carboxylic acids is 2. The summed E-state index contributed by atoms with van der Waals surface area (Å²) in [6, 6.07) is 19.0. The van der Waals surface area contributed by atoms with E-state index in [0.717, 1.165) is 0 Å². The van der Waals surface area contributed by atoms with Crippen LogP contribution in [0.5, 0.6) is 17.2 Å². The maximum atomic E-state index is 13.9. The van der Waals surface area contributed by atoms with Crippen LogP contribution in [-0.2, 0) is 14.4 Å². The highest BCUT2D eigenvalue weighted by Crippen LogP contribution is 2.50. The zero-order valence-electron chi connectivity index (χ0n) is 19.8. The number of carbonyl (C=O) groups is 2. The lowest BCUT2D eigenvalue weighted by Crippen LogP contribution is -2.37. The van der Waals surface area contributed by atoms with E-state index in [0.29, 0.717) is 40.4 Å². The predicted octanol–water partition coefficient (Wildman–Crippen LogP) is 5.00. The van der Waals surface area contributed by atoms with Crippen molar-refractivity contribution in [2.24, 2.45) is 5.92 Å². The van der Waals surface area contributed by atoms with E-state index in [9.17, 15) is 14.7 Å². The molecule has 2 aliphatic rings. The van der Waals surface area contributed by atoms with E-state index in [1.165, 1.54) is 4.90 Å². The fourth-order valence-electron chi connectivity index (χ4n) is 4.72. The largest absolute Gasteiger partial charge is 0.503 e. The number of nitrogens with zero attached hydrogens (tertiary/aromatic N) is 2. The second-order valence-electron chi connectivity index (χ2n) is 8.38. The van der Waals surface area contributed by atoms with Gasteiger partial charge in [0.2, 0.25) is 5.91 Å². The number of phenolic OH excluding ortho intramolecular Hbond substituents is 1. The molecule has 186 valence electrons. The van der Waals surface area contributed by atoms with Crippen molar-refractivity contribution in [1.29, 1.82) is 0 Å². The number of halogens is 1. The van der Waals surface area contributed by atoms with Crippen molar-refractivity contribution in [2.75, 3.05) is 23.2 Å². The third-order valence-electron chi connectivity index (χ3n) is 6.21. The second-order valence-corrected chi connectivity index (χ2v) is 9.24. The van der Waals surface area contributed by atoms with Gasteiger partial charge in [-0.3, -0.25) is 14.4 Å². The molecule has 0 radical (unpaired) electrons. The number of hydrogen-bond donors (Lipinski definition) is 1. The summed E-state index contributed by atoms with van der Waals surface area (Å²) in [4.78, 5) is 34.8. The van der Waals surface area contributed by atoms with Gasteiger partial charge in [-0.25, -0.2) is 9.96 Å².